The molecule has 1 amide bonds. The highest BCUT2D eigenvalue weighted by molar-refractivity contribution is 6.01. The summed E-state index contributed by atoms with van der Waals surface area (Å²) in [5.74, 6) is 1.82. The minimum atomic E-state index is -0.232. The molecule has 1 aromatic heterocycles. The van der Waals surface area contributed by atoms with Crippen LogP contribution in [0.5, 0.6) is 11.5 Å². The normalized spacial score (nSPS) is 12.2. The van der Waals surface area contributed by atoms with Crippen molar-refractivity contribution in [2.45, 2.75) is 26.3 Å². The highest BCUT2D eigenvalue weighted by Crippen LogP contribution is 2.25. The van der Waals surface area contributed by atoms with Crippen molar-refractivity contribution in [1.29, 1.82) is 0 Å². The lowest BCUT2D eigenvalue weighted by atomic mass is 10.1. The topological polar surface area (TPSA) is 65.4 Å². The van der Waals surface area contributed by atoms with Crippen LogP contribution in [-0.4, -0.2) is 29.9 Å². The molecule has 0 aliphatic rings. The molecular formula is C18H23N3O3. The van der Waals surface area contributed by atoms with Crippen LogP contribution < -0.4 is 14.8 Å². The van der Waals surface area contributed by atoms with Gasteiger partial charge in [-0.25, -0.2) is 4.68 Å². The Bertz CT molecular complexity index is 722. The number of nitrogens with zero attached hydrogens (tertiary/aromatic N) is 2. The standard InChI is InChI=1S/C18H23N3O3/c1-5-13(2)21-17(10-11-19-21)20-18(22)9-6-14-12-15(23-3)7-8-16(14)24-4/h6-13H,5H2,1-4H3,(H,20,22). The highest BCUT2D eigenvalue weighted by Gasteiger charge is 2.10. The summed E-state index contributed by atoms with van der Waals surface area (Å²) in [6.07, 6.45) is 5.77. The van der Waals surface area contributed by atoms with Crippen molar-refractivity contribution < 1.29 is 14.3 Å². The van der Waals surface area contributed by atoms with E-state index in [4.69, 9.17) is 9.47 Å². The van der Waals surface area contributed by atoms with Gasteiger partial charge in [0.1, 0.15) is 17.3 Å². The molecule has 1 unspecified atom stereocenters. The largest absolute Gasteiger partial charge is 0.497 e. The molecule has 0 radical (unpaired) electrons. The van der Waals surface area contributed by atoms with E-state index < -0.39 is 0 Å². The van der Waals surface area contributed by atoms with Gasteiger partial charge in [-0.3, -0.25) is 4.79 Å². The number of hydrogen-bond acceptors (Lipinski definition) is 4. The Morgan fingerprint density at radius 2 is 2.12 bits per heavy atom. The zero-order chi connectivity index (χ0) is 17.5. The SMILES string of the molecule is CCC(C)n1nccc1NC(=O)C=Cc1cc(OC)ccc1OC. The average molecular weight is 329 g/mol. The van der Waals surface area contributed by atoms with Crippen LogP contribution in [0.15, 0.2) is 36.5 Å². The van der Waals surface area contributed by atoms with E-state index in [1.807, 2.05) is 6.07 Å². The number of rotatable bonds is 7. The predicted molar refractivity (Wildman–Crippen MR) is 94.4 cm³/mol. The average Bonchev–Trinajstić information content (AvgIpc) is 3.06. The summed E-state index contributed by atoms with van der Waals surface area (Å²) in [6.45, 7) is 4.13. The number of aromatic nitrogens is 2. The van der Waals surface area contributed by atoms with E-state index in [9.17, 15) is 4.79 Å². The Morgan fingerprint density at radius 1 is 1.33 bits per heavy atom. The van der Waals surface area contributed by atoms with E-state index in [2.05, 4.69) is 24.3 Å². The number of hydrogen-bond donors (Lipinski definition) is 1. The third kappa shape index (κ3) is 4.16. The molecule has 0 fully saturated rings. The molecule has 2 rings (SSSR count). The molecule has 1 aromatic carbocycles. The van der Waals surface area contributed by atoms with Crippen LogP contribution in [-0.2, 0) is 4.79 Å². The van der Waals surface area contributed by atoms with Gasteiger partial charge in [-0.2, -0.15) is 5.10 Å². The first-order valence-electron chi connectivity index (χ1n) is 7.83. The van der Waals surface area contributed by atoms with Crippen LogP contribution in [0.25, 0.3) is 6.08 Å². The Morgan fingerprint density at radius 3 is 2.79 bits per heavy atom. The van der Waals surface area contributed by atoms with E-state index in [-0.39, 0.29) is 11.9 Å². The number of carbonyl (C=O) groups excluding carboxylic acids is 1. The van der Waals surface area contributed by atoms with Crippen LogP contribution in [0.4, 0.5) is 5.82 Å². The Hall–Kier alpha value is -2.76. The van der Waals surface area contributed by atoms with Gasteiger partial charge in [0.15, 0.2) is 0 Å². The molecule has 0 bridgehead atoms. The first-order valence-corrected chi connectivity index (χ1v) is 7.83. The lowest BCUT2D eigenvalue weighted by Crippen LogP contribution is -2.15. The van der Waals surface area contributed by atoms with E-state index in [0.29, 0.717) is 17.3 Å². The van der Waals surface area contributed by atoms with E-state index >= 15 is 0 Å². The van der Waals surface area contributed by atoms with E-state index in [1.54, 1.807) is 49.4 Å². The molecule has 1 heterocycles. The molecule has 6 nitrogen and oxygen atoms in total. The maximum absolute atomic E-state index is 12.2. The smallest absolute Gasteiger partial charge is 0.249 e. The fourth-order valence-electron chi connectivity index (χ4n) is 2.24. The number of methoxy groups -OCH3 is 2. The summed E-state index contributed by atoms with van der Waals surface area (Å²) in [5.41, 5.74) is 0.766. The summed E-state index contributed by atoms with van der Waals surface area (Å²) in [5, 5.41) is 7.09. The molecule has 0 saturated heterocycles. The second-order valence-electron chi connectivity index (χ2n) is 5.35. The first kappa shape index (κ1) is 17.6. The monoisotopic (exact) mass is 329 g/mol. The molecule has 0 saturated carbocycles. The van der Waals surface area contributed by atoms with E-state index in [1.165, 1.54) is 6.08 Å². The number of benzene rings is 1. The van der Waals surface area contributed by atoms with Gasteiger partial charge in [0.05, 0.1) is 26.5 Å². The highest BCUT2D eigenvalue weighted by atomic mass is 16.5. The fraction of sp³-hybridized carbons (Fsp3) is 0.333. The summed E-state index contributed by atoms with van der Waals surface area (Å²) in [6, 6.07) is 7.42. The van der Waals surface area contributed by atoms with Crippen molar-refractivity contribution in [3.05, 3.63) is 42.1 Å². The molecule has 6 heteroatoms. The Kier molecular flexibility index (Phi) is 6.01. The molecule has 2 aromatic rings. The van der Waals surface area contributed by atoms with Crippen molar-refractivity contribution in [2.75, 3.05) is 19.5 Å². The van der Waals surface area contributed by atoms with Crippen molar-refractivity contribution in [3.8, 4) is 11.5 Å². The summed E-state index contributed by atoms with van der Waals surface area (Å²) >= 11 is 0. The third-order valence-corrected chi connectivity index (χ3v) is 3.78. The molecule has 24 heavy (non-hydrogen) atoms. The lowest BCUT2D eigenvalue weighted by molar-refractivity contribution is -0.111. The summed E-state index contributed by atoms with van der Waals surface area (Å²) in [7, 11) is 3.18. The maximum Gasteiger partial charge on any atom is 0.249 e. The number of ether oxygens (including phenoxy) is 2. The zero-order valence-electron chi connectivity index (χ0n) is 14.4. The number of nitrogens with one attached hydrogen (secondary N) is 1. The minimum Gasteiger partial charge on any atom is -0.497 e. The van der Waals surface area contributed by atoms with Crippen molar-refractivity contribution in [1.82, 2.24) is 9.78 Å². The van der Waals surface area contributed by atoms with Crippen molar-refractivity contribution >= 4 is 17.8 Å². The third-order valence-electron chi connectivity index (χ3n) is 3.78. The van der Waals surface area contributed by atoms with Crippen LogP contribution >= 0.6 is 0 Å². The predicted octanol–water partition coefficient (Wildman–Crippen LogP) is 3.52. The van der Waals surface area contributed by atoms with Gasteiger partial charge in [0, 0.05) is 17.7 Å². The van der Waals surface area contributed by atoms with Gasteiger partial charge in [0.2, 0.25) is 5.91 Å². The summed E-state index contributed by atoms with van der Waals surface area (Å²) in [4.78, 5) is 12.2. The maximum atomic E-state index is 12.2. The van der Waals surface area contributed by atoms with Gasteiger partial charge in [-0.05, 0) is 37.6 Å². The van der Waals surface area contributed by atoms with Gasteiger partial charge in [0.25, 0.3) is 0 Å². The molecule has 1 N–H and O–H groups in total. The molecule has 0 aliphatic heterocycles. The van der Waals surface area contributed by atoms with Crippen LogP contribution in [0, 0.1) is 0 Å². The number of amides is 1. The Labute approximate surface area is 142 Å². The minimum absolute atomic E-state index is 0.220. The molecule has 1 atom stereocenters. The van der Waals surface area contributed by atoms with Gasteiger partial charge < -0.3 is 14.8 Å². The second kappa shape index (κ2) is 8.19. The molecular weight excluding hydrogens is 306 g/mol. The first-order chi connectivity index (χ1) is 11.6. The van der Waals surface area contributed by atoms with E-state index in [0.717, 1.165) is 12.0 Å². The quantitative estimate of drug-likeness (QED) is 0.789. The molecule has 0 spiro atoms. The molecule has 128 valence electrons. The summed E-state index contributed by atoms with van der Waals surface area (Å²) < 4.78 is 12.3. The Balaban J connectivity index is 2.13. The zero-order valence-corrected chi connectivity index (χ0v) is 14.4. The second-order valence-corrected chi connectivity index (χ2v) is 5.35. The fourth-order valence-corrected chi connectivity index (χ4v) is 2.24. The van der Waals surface area contributed by atoms with Gasteiger partial charge in [-0.1, -0.05) is 6.92 Å². The van der Waals surface area contributed by atoms with Crippen molar-refractivity contribution in [3.63, 3.8) is 0 Å². The van der Waals surface area contributed by atoms with Gasteiger partial charge >= 0.3 is 0 Å². The lowest BCUT2D eigenvalue weighted by Gasteiger charge is -2.13. The number of carbonyl (C=O) groups is 1. The van der Waals surface area contributed by atoms with Crippen LogP contribution in [0.2, 0.25) is 0 Å². The van der Waals surface area contributed by atoms with Gasteiger partial charge in [-0.15, -0.1) is 0 Å². The molecule has 0 aliphatic carbocycles. The van der Waals surface area contributed by atoms with Crippen LogP contribution in [0.3, 0.4) is 0 Å². The van der Waals surface area contributed by atoms with Crippen molar-refractivity contribution in [2.24, 2.45) is 0 Å². The number of anilines is 1. The van der Waals surface area contributed by atoms with Crippen LogP contribution in [0.1, 0.15) is 31.9 Å².